The molecule has 2 aromatic heterocycles. The first-order valence-corrected chi connectivity index (χ1v) is 12.1. The molecule has 0 spiro atoms. The Hall–Kier alpha value is -3.21. The summed E-state index contributed by atoms with van der Waals surface area (Å²) in [6, 6.07) is 17.9. The van der Waals surface area contributed by atoms with Gasteiger partial charge in [-0.25, -0.2) is 18.1 Å². The highest BCUT2D eigenvalue weighted by molar-refractivity contribution is 9.10. The van der Waals surface area contributed by atoms with Crippen LogP contribution in [0.3, 0.4) is 0 Å². The number of fused-ring (bicyclic) bond motifs is 1. The van der Waals surface area contributed by atoms with E-state index in [1.165, 1.54) is 0 Å². The normalized spacial score (nSPS) is 11.9. The Balaban J connectivity index is 1.47. The Morgan fingerprint density at radius 1 is 1.06 bits per heavy atom. The quantitative estimate of drug-likeness (QED) is 0.308. The fourth-order valence-corrected chi connectivity index (χ4v) is 4.22. The van der Waals surface area contributed by atoms with Gasteiger partial charge in [0, 0.05) is 30.1 Å². The third-order valence-corrected chi connectivity index (χ3v) is 6.24. The second kappa shape index (κ2) is 9.51. The molecule has 10 heteroatoms. The van der Waals surface area contributed by atoms with Crippen molar-refractivity contribution in [2.45, 2.75) is 0 Å². The van der Waals surface area contributed by atoms with Crippen molar-refractivity contribution >= 4 is 43.5 Å². The molecule has 0 saturated heterocycles. The number of hydrogen-bond donors (Lipinski definition) is 3. The summed E-state index contributed by atoms with van der Waals surface area (Å²) in [7, 11) is -3.58. The van der Waals surface area contributed by atoms with E-state index >= 15 is 0 Å². The molecule has 0 fully saturated rings. The fraction of sp³-hybridized carbons (Fsp3) is 0.0909. The lowest BCUT2D eigenvalue weighted by Gasteiger charge is -2.12. The summed E-state index contributed by atoms with van der Waals surface area (Å²) in [5, 5.41) is 18.8. The number of nitrogens with one attached hydrogen (secondary N) is 2. The zero-order chi connectivity index (χ0) is 22.6. The molecule has 0 atom stereocenters. The van der Waals surface area contributed by atoms with E-state index in [1.807, 2.05) is 36.4 Å². The monoisotopic (exact) mass is 513 g/mol. The molecule has 164 valence electrons. The topological polar surface area (TPSA) is 109 Å². The molecule has 4 rings (SSSR count). The minimum Gasteiger partial charge on any atom is -0.507 e. The second-order valence-corrected chi connectivity index (χ2v) is 9.36. The number of halogens is 1. The minimum absolute atomic E-state index is 0.115. The van der Waals surface area contributed by atoms with Gasteiger partial charge in [0.05, 0.1) is 16.4 Å². The molecule has 0 amide bonds. The molecule has 3 N–H and O–H groups in total. The van der Waals surface area contributed by atoms with Crippen molar-refractivity contribution in [3.8, 4) is 17.0 Å². The summed E-state index contributed by atoms with van der Waals surface area (Å²) >= 11 is 3.44. The second-order valence-electron chi connectivity index (χ2n) is 6.85. The maximum absolute atomic E-state index is 12.2. The lowest BCUT2D eigenvalue weighted by atomic mass is 10.1. The summed E-state index contributed by atoms with van der Waals surface area (Å²) in [6.07, 6.45) is 3.17. The molecule has 8 nitrogen and oxygen atoms in total. The van der Waals surface area contributed by atoms with Gasteiger partial charge in [0.1, 0.15) is 11.6 Å². The van der Waals surface area contributed by atoms with Gasteiger partial charge >= 0.3 is 0 Å². The van der Waals surface area contributed by atoms with Crippen LogP contribution in [0.4, 0.5) is 5.82 Å². The zero-order valence-electron chi connectivity index (χ0n) is 16.8. The van der Waals surface area contributed by atoms with Crippen LogP contribution in [0.15, 0.2) is 76.7 Å². The number of aromatic nitrogens is 3. The van der Waals surface area contributed by atoms with Gasteiger partial charge in [-0.2, -0.15) is 9.61 Å². The zero-order valence-corrected chi connectivity index (χ0v) is 19.2. The van der Waals surface area contributed by atoms with Crippen molar-refractivity contribution in [3.63, 3.8) is 0 Å². The largest absolute Gasteiger partial charge is 0.507 e. The van der Waals surface area contributed by atoms with E-state index in [0.717, 1.165) is 11.0 Å². The number of benzene rings is 2. The van der Waals surface area contributed by atoms with E-state index in [2.05, 4.69) is 36.1 Å². The highest BCUT2D eigenvalue weighted by Gasteiger charge is 2.13. The number of phenolic OH excluding ortho intramolecular Hbond substituents is 1. The summed E-state index contributed by atoms with van der Waals surface area (Å²) in [5.74, 6) is 0.724. The highest BCUT2D eigenvalue weighted by atomic mass is 79.9. The first kappa shape index (κ1) is 22.0. The molecule has 32 heavy (non-hydrogen) atoms. The smallest absolute Gasteiger partial charge is 0.233 e. The summed E-state index contributed by atoms with van der Waals surface area (Å²) < 4.78 is 29.3. The Bertz CT molecular complexity index is 1370. The van der Waals surface area contributed by atoms with Crippen LogP contribution < -0.4 is 10.0 Å². The highest BCUT2D eigenvalue weighted by Crippen LogP contribution is 2.30. The number of anilines is 1. The molecule has 0 radical (unpaired) electrons. The van der Waals surface area contributed by atoms with Gasteiger partial charge in [0.2, 0.25) is 10.0 Å². The van der Waals surface area contributed by atoms with Gasteiger partial charge in [-0.1, -0.05) is 42.5 Å². The maximum atomic E-state index is 12.2. The van der Waals surface area contributed by atoms with Crippen LogP contribution in [0.5, 0.6) is 5.75 Å². The fourth-order valence-electron chi connectivity index (χ4n) is 3.05. The molecule has 2 aromatic carbocycles. The van der Waals surface area contributed by atoms with Crippen LogP contribution in [-0.2, 0) is 10.0 Å². The first-order valence-electron chi connectivity index (χ1n) is 9.72. The van der Waals surface area contributed by atoms with Crippen LogP contribution >= 0.6 is 15.9 Å². The van der Waals surface area contributed by atoms with Gasteiger partial charge in [-0.3, -0.25) is 0 Å². The van der Waals surface area contributed by atoms with Gasteiger partial charge in [-0.05, 0) is 39.7 Å². The van der Waals surface area contributed by atoms with Gasteiger partial charge < -0.3 is 10.4 Å². The van der Waals surface area contributed by atoms with Crippen molar-refractivity contribution in [1.29, 1.82) is 0 Å². The van der Waals surface area contributed by atoms with Gasteiger partial charge in [0.15, 0.2) is 5.65 Å². The van der Waals surface area contributed by atoms with Crippen molar-refractivity contribution in [3.05, 3.63) is 82.3 Å². The molecule has 0 aliphatic heterocycles. The van der Waals surface area contributed by atoms with Gasteiger partial charge in [0.25, 0.3) is 0 Å². The molecule has 0 saturated carbocycles. The molecule has 0 unspecified atom stereocenters. The number of aromatic hydroxyl groups is 1. The lowest BCUT2D eigenvalue weighted by molar-refractivity contribution is 0.477. The standard InChI is InChI=1S/C22H20BrN5O3S/c23-18-15-25-28-21(14-19(27-22(18)28)17-8-4-5-9-20(17)29)24-11-12-26-32(30,31)13-10-16-6-2-1-3-7-16/h1-10,13-15,24,26,29H,11-12H2/b13-10+. The van der Waals surface area contributed by atoms with E-state index in [9.17, 15) is 13.5 Å². The lowest BCUT2D eigenvalue weighted by Crippen LogP contribution is -2.27. The maximum Gasteiger partial charge on any atom is 0.233 e. The average molecular weight is 514 g/mol. The van der Waals surface area contributed by atoms with Gasteiger partial charge in [-0.15, -0.1) is 0 Å². The van der Waals surface area contributed by atoms with E-state index < -0.39 is 10.0 Å². The molecule has 0 bridgehead atoms. The molecule has 2 heterocycles. The van der Waals surface area contributed by atoms with E-state index in [1.54, 1.807) is 41.1 Å². The third-order valence-electron chi connectivity index (χ3n) is 4.58. The minimum atomic E-state index is -3.58. The predicted octanol–water partition coefficient (Wildman–Crippen LogP) is 3.87. The number of para-hydroxylation sites is 1. The van der Waals surface area contributed by atoms with E-state index in [4.69, 9.17) is 0 Å². The van der Waals surface area contributed by atoms with Crippen molar-refractivity contribution < 1.29 is 13.5 Å². The third kappa shape index (κ3) is 5.16. The summed E-state index contributed by atoms with van der Waals surface area (Å²) in [5.41, 5.74) is 2.51. The Morgan fingerprint density at radius 3 is 2.59 bits per heavy atom. The number of sulfonamides is 1. The van der Waals surface area contributed by atoms with Crippen LogP contribution in [0.1, 0.15) is 5.56 Å². The first-order chi connectivity index (χ1) is 15.4. The van der Waals surface area contributed by atoms with Crippen molar-refractivity contribution in [2.24, 2.45) is 0 Å². The average Bonchev–Trinajstić information content (AvgIpc) is 3.17. The van der Waals surface area contributed by atoms with Crippen LogP contribution in [0, 0.1) is 0 Å². The van der Waals surface area contributed by atoms with Crippen molar-refractivity contribution in [1.82, 2.24) is 19.3 Å². The number of rotatable bonds is 8. The molecular formula is C22H20BrN5O3S. The SMILES string of the molecule is O=S(=O)(/C=C/c1ccccc1)NCCNc1cc(-c2ccccc2O)nc2c(Br)cnn12. The summed E-state index contributed by atoms with van der Waals surface area (Å²) in [6.45, 7) is 0.481. The van der Waals surface area contributed by atoms with Crippen LogP contribution in [0.25, 0.3) is 23.0 Å². The molecule has 0 aliphatic carbocycles. The molecule has 4 aromatic rings. The van der Waals surface area contributed by atoms with Crippen LogP contribution in [-0.4, -0.2) is 41.2 Å². The summed E-state index contributed by atoms with van der Waals surface area (Å²) in [4.78, 5) is 4.58. The van der Waals surface area contributed by atoms with Crippen molar-refractivity contribution in [2.75, 3.05) is 18.4 Å². The number of phenols is 1. The van der Waals surface area contributed by atoms with Crippen LogP contribution in [0.2, 0.25) is 0 Å². The molecule has 0 aliphatic rings. The Labute approximate surface area is 193 Å². The van der Waals surface area contributed by atoms with E-state index in [-0.39, 0.29) is 12.3 Å². The Morgan fingerprint density at radius 2 is 1.81 bits per heavy atom. The number of nitrogens with zero attached hydrogens (tertiary/aromatic N) is 3. The van der Waals surface area contributed by atoms with E-state index in [0.29, 0.717) is 33.7 Å². The predicted molar refractivity (Wildman–Crippen MR) is 129 cm³/mol. The molecular weight excluding hydrogens is 494 g/mol. The Kier molecular flexibility index (Phi) is 6.54. The number of hydrogen-bond acceptors (Lipinski definition) is 6.